The van der Waals surface area contributed by atoms with Crippen molar-refractivity contribution in [2.24, 2.45) is 5.84 Å². The summed E-state index contributed by atoms with van der Waals surface area (Å²) in [5.41, 5.74) is 2.26. The number of hydrogen-bond donors (Lipinski definition) is 3. The highest BCUT2D eigenvalue weighted by atomic mass is 16.6. The van der Waals surface area contributed by atoms with Crippen LogP contribution < -0.4 is 16.6 Å². The molecule has 1 rings (SSSR count). The van der Waals surface area contributed by atoms with Crippen LogP contribution in [-0.2, 0) is 14.3 Å². The average Bonchev–Trinajstić information content (AvgIpc) is 2.58. The lowest BCUT2D eigenvalue weighted by Gasteiger charge is -2.30. The fourth-order valence-corrected chi connectivity index (χ4v) is 2.23. The molecule has 8 heteroatoms. The topological polar surface area (TPSA) is 106 Å². The smallest absolute Gasteiger partial charge is 0.410 e. The standard InChI is InChI=1S/C18H30N4O4/c1-18(2,3)26-17(24)22(11-8-12-25-4)13-15(16(23)21-19)20-14-9-6-5-7-10-14/h5-7,9-10,15,20H,8,11-13,19H2,1-4H3,(H,21,23)/t15-/m0/s1. The lowest BCUT2D eigenvalue weighted by Crippen LogP contribution is -2.51. The van der Waals surface area contributed by atoms with Crippen LogP contribution >= 0.6 is 0 Å². The molecule has 0 unspecified atom stereocenters. The van der Waals surface area contributed by atoms with Crippen LogP contribution in [0.25, 0.3) is 0 Å². The summed E-state index contributed by atoms with van der Waals surface area (Å²) in [7, 11) is 1.60. The van der Waals surface area contributed by atoms with E-state index in [1.165, 1.54) is 4.90 Å². The number of anilines is 1. The molecule has 1 aromatic carbocycles. The molecule has 0 saturated carbocycles. The SMILES string of the molecule is COCCCN(C[C@H](Nc1ccccc1)C(=O)NN)C(=O)OC(C)(C)C. The zero-order valence-corrected chi connectivity index (χ0v) is 16.0. The molecule has 0 aliphatic heterocycles. The molecule has 8 nitrogen and oxygen atoms in total. The Hall–Kier alpha value is -2.32. The Labute approximate surface area is 155 Å². The second-order valence-corrected chi connectivity index (χ2v) is 6.84. The van der Waals surface area contributed by atoms with Gasteiger partial charge in [0.05, 0.1) is 6.54 Å². The summed E-state index contributed by atoms with van der Waals surface area (Å²) < 4.78 is 10.5. The maximum atomic E-state index is 12.5. The van der Waals surface area contributed by atoms with Crippen molar-refractivity contribution in [2.45, 2.75) is 38.8 Å². The number of amides is 2. The van der Waals surface area contributed by atoms with E-state index in [4.69, 9.17) is 15.3 Å². The number of carbonyl (C=O) groups is 2. The van der Waals surface area contributed by atoms with Crippen LogP contribution in [0.4, 0.5) is 10.5 Å². The van der Waals surface area contributed by atoms with Gasteiger partial charge >= 0.3 is 6.09 Å². The van der Waals surface area contributed by atoms with E-state index >= 15 is 0 Å². The first kappa shape index (κ1) is 21.7. The molecule has 0 aliphatic rings. The number of nitrogens with one attached hydrogen (secondary N) is 2. The molecule has 0 bridgehead atoms. The van der Waals surface area contributed by atoms with Gasteiger partial charge in [-0.15, -0.1) is 0 Å². The first-order valence-corrected chi connectivity index (χ1v) is 8.55. The molecule has 146 valence electrons. The highest BCUT2D eigenvalue weighted by Gasteiger charge is 2.27. The maximum absolute atomic E-state index is 12.5. The first-order chi connectivity index (χ1) is 12.3. The van der Waals surface area contributed by atoms with Gasteiger partial charge in [-0.1, -0.05) is 18.2 Å². The van der Waals surface area contributed by atoms with Crippen molar-refractivity contribution in [1.82, 2.24) is 10.3 Å². The van der Waals surface area contributed by atoms with Gasteiger partial charge in [0, 0.05) is 25.9 Å². The summed E-state index contributed by atoms with van der Waals surface area (Å²) in [6.07, 6.45) is 0.135. The van der Waals surface area contributed by atoms with Crippen molar-refractivity contribution < 1.29 is 19.1 Å². The van der Waals surface area contributed by atoms with Gasteiger partial charge in [0.1, 0.15) is 11.6 Å². The minimum absolute atomic E-state index is 0.108. The van der Waals surface area contributed by atoms with E-state index in [0.29, 0.717) is 19.6 Å². The van der Waals surface area contributed by atoms with Crippen LogP contribution in [0.5, 0.6) is 0 Å². The number of benzene rings is 1. The number of para-hydroxylation sites is 1. The van der Waals surface area contributed by atoms with Gasteiger partial charge in [-0.2, -0.15) is 0 Å². The number of rotatable bonds is 9. The van der Waals surface area contributed by atoms with Gasteiger partial charge in [0.15, 0.2) is 0 Å². The minimum atomic E-state index is -0.725. The van der Waals surface area contributed by atoms with Crippen molar-refractivity contribution in [3.8, 4) is 0 Å². The molecule has 26 heavy (non-hydrogen) atoms. The average molecular weight is 366 g/mol. The van der Waals surface area contributed by atoms with E-state index in [0.717, 1.165) is 5.69 Å². The zero-order chi connectivity index (χ0) is 19.6. The Balaban J connectivity index is 2.89. The lowest BCUT2D eigenvalue weighted by molar-refractivity contribution is -0.122. The summed E-state index contributed by atoms with van der Waals surface area (Å²) in [6.45, 7) is 6.39. The number of ether oxygens (including phenoxy) is 2. The van der Waals surface area contributed by atoms with Gasteiger partial charge in [0.2, 0.25) is 0 Å². The molecule has 0 fully saturated rings. The van der Waals surface area contributed by atoms with Crippen molar-refractivity contribution in [3.05, 3.63) is 30.3 Å². The Bertz CT molecular complexity index is 560. The summed E-state index contributed by atoms with van der Waals surface area (Å²) in [6, 6.07) is 8.52. The largest absolute Gasteiger partial charge is 0.444 e. The molecular formula is C18H30N4O4. The van der Waals surface area contributed by atoms with Gasteiger partial charge in [-0.25, -0.2) is 10.6 Å². The molecule has 0 aromatic heterocycles. The fourth-order valence-electron chi connectivity index (χ4n) is 2.23. The molecule has 0 saturated heterocycles. The predicted molar refractivity (Wildman–Crippen MR) is 100 cm³/mol. The summed E-state index contributed by atoms with van der Waals surface area (Å²) >= 11 is 0. The van der Waals surface area contributed by atoms with Crippen LogP contribution in [-0.4, -0.2) is 55.3 Å². The molecule has 1 atom stereocenters. The van der Waals surface area contributed by atoms with Gasteiger partial charge in [0.25, 0.3) is 5.91 Å². The summed E-state index contributed by atoms with van der Waals surface area (Å²) in [4.78, 5) is 26.2. The van der Waals surface area contributed by atoms with Gasteiger partial charge < -0.3 is 19.7 Å². The highest BCUT2D eigenvalue weighted by Crippen LogP contribution is 2.13. The molecular weight excluding hydrogens is 336 g/mol. The molecule has 2 amide bonds. The molecule has 4 N–H and O–H groups in total. The minimum Gasteiger partial charge on any atom is -0.444 e. The second-order valence-electron chi connectivity index (χ2n) is 6.84. The van der Waals surface area contributed by atoms with Crippen LogP contribution in [0.1, 0.15) is 27.2 Å². The van der Waals surface area contributed by atoms with Crippen LogP contribution in [0.2, 0.25) is 0 Å². The molecule has 0 radical (unpaired) electrons. The van der Waals surface area contributed by atoms with E-state index in [9.17, 15) is 9.59 Å². The van der Waals surface area contributed by atoms with Crippen molar-refractivity contribution in [3.63, 3.8) is 0 Å². The van der Waals surface area contributed by atoms with E-state index in [2.05, 4.69) is 10.7 Å². The molecule has 0 heterocycles. The van der Waals surface area contributed by atoms with E-state index in [1.54, 1.807) is 27.9 Å². The van der Waals surface area contributed by atoms with Gasteiger partial charge in [-0.3, -0.25) is 10.2 Å². The van der Waals surface area contributed by atoms with E-state index < -0.39 is 23.6 Å². The van der Waals surface area contributed by atoms with E-state index in [-0.39, 0.29) is 6.54 Å². The Kier molecular flexibility index (Phi) is 8.87. The van der Waals surface area contributed by atoms with Crippen molar-refractivity contribution in [1.29, 1.82) is 0 Å². The number of carbonyl (C=O) groups excluding carboxylic acids is 2. The number of nitrogens with zero attached hydrogens (tertiary/aromatic N) is 1. The molecule has 0 spiro atoms. The predicted octanol–water partition coefficient (Wildman–Crippen LogP) is 1.73. The van der Waals surface area contributed by atoms with Crippen molar-refractivity contribution >= 4 is 17.7 Å². The molecule has 0 aliphatic carbocycles. The van der Waals surface area contributed by atoms with Crippen LogP contribution in [0.3, 0.4) is 0 Å². The number of hydrogen-bond acceptors (Lipinski definition) is 6. The highest BCUT2D eigenvalue weighted by molar-refractivity contribution is 5.85. The molecule has 1 aromatic rings. The third kappa shape index (κ3) is 8.17. The quantitative estimate of drug-likeness (QED) is 0.266. The second kappa shape index (κ2) is 10.6. The summed E-state index contributed by atoms with van der Waals surface area (Å²) in [5, 5.41) is 3.10. The van der Waals surface area contributed by atoms with E-state index in [1.807, 2.05) is 30.3 Å². The Morgan fingerprint density at radius 2 is 1.88 bits per heavy atom. The third-order valence-corrected chi connectivity index (χ3v) is 3.40. The monoisotopic (exact) mass is 366 g/mol. The van der Waals surface area contributed by atoms with Crippen molar-refractivity contribution in [2.75, 3.05) is 32.1 Å². The fraction of sp³-hybridized carbons (Fsp3) is 0.556. The number of hydrazine groups is 1. The lowest BCUT2D eigenvalue weighted by atomic mass is 10.2. The zero-order valence-electron chi connectivity index (χ0n) is 16.0. The Morgan fingerprint density at radius 1 is 1.23 bits per heavy atom. The third-order valence-electron chi connectivity index (χ3n) is 3.40. The summed E-state index contributed by atoms with van der Waals surface area (Å²) in [5.74, 6) is 4.89. The van der Waals surface area contributed by atoms with Gasteiger partial charge in [-0.05, 0) is 39.3 Å². The number of methoxy groups -OCH3 is 1. The maximum Gasteiger partial charge on any atom is 0.410 e. The normalized spacial score (nSPS) is 12.2. The number of nitrogens with two attached hydrogens (primary N) is 1. The van der Waals surface area contributed by atoms with Crippen LogP contribution in [0, 0.1) is 0 Å². The first-order valence-electron chi connectivity index (χ1n) is 8.55. The Morgan fingerprint density at radius 3 is 2.42 bits per heavy atom. The van der Waals surface area contributed by atoms with Crippen LogP contribution in [0.15, 0.2) is 30.3 Å².